The molecule has 1 aliphatic rings. The highest BCUT2D eigenvalue weighted by molar-refractivity contribution is 6.31. The smallest absolute Gasteiger partial charge is 0.303 e. The van der Waals surface area contributed by atoms with Gasteiger partial charge in [0.25, 0.3) is 0 Å². The fraction of sp³-hybridized carbons (Fsp3) is 0.222. The molecule has 0 fully saturated rings. The molecule has 1 atom stereocenters. The quantitative estimate of drug-likeness (QED) is 0.434. The molecule has 0 radical (unpaired) electrons. The minimum absolute atomic E-state index is 0.0682. The van der Waals surface area contributed by atoms with Crippen molar-refractivity contribution in [2.75, 3.05) is 19.4 Å². The van der Waals surface area contributed by atoms with Gasteiger partial charge < -0.3 is 15.3 Å². The molecule has 1 aliphatic heterocycles. The van der Waals surface area contributed by atoms with Crippen LogP contribution in [0.25, 0.3) is 0 Å². The molecule has 1 heterocycles. The standard InChI is InChI=1S/C27H26ClN3O3/c1-31(2)16-18-5-11-21(12-6-18)29-26(19-8-3-17(4-9-19)7-14-24(32)33)25-22-13-10-20(28)15-23(22)30-27(25)34/h3-6,8-13,15,25H,7,14,16H2,1-2H3,(H,30,34)(H,32,33). The van der Waals surface area contributed by atoms with E-state index >= 15 is 0 Å². The first-order valence-electron chi connectivity index (χ1n) is 11.0. The zero-order valence-corrected chi connectivity index (χ0v) is 19.8. The van der Waals surface area contributed by atoms with E-state index in [0.29, 0.717) is 22.8 Å². The number of rotatable bonds is 8. The molecule has 174 valence electrons. The van der Waals surface area contributed by atoms with E-state index < -0.39 is 11.9 Å². The minimum atomic E-state index is -0.832. The third-order valence-corrected chi connectivity index (χ3v) is 5.92. The Labute approximate surface area is 203 Å². The Morgan fingerprint density at radius 1 is 1.03 bits per heavy atom. The topological polar surface area (TPSA) is 82.0 Å². The fourth-order valence-electron chi connectivity index (χ4n) is 4.08. The number of hydrogen-bond acceptors (Lipinski definition) is 4. The monoisotopic (exact) mass is 475 g/mol. The van der Waals surface area contributed by atoms with Gasteiger partial charge in [-0.25, -0.2) is 0 Å². The largest absolute Gasteiger partial charge is 0.481 e. The zero-order valence-electron chi connectivity index (χ0n) is 19.1. The van der Waals surface area contributed by atoms with Crippen LogP contribution in [0.4, 0.5) is 11.4 Å². The molecule has 6 nitrogen and oxygen atoms in total. The van der Waals surface area contributed by atoms with Gasteiger partial charge in [0.2, 0.25) is 5.91 Å². The van der Waals surface area contributed by atoms with E-state index in [1.54, 1.807) is 12.1 Å². The van der Waals surface area contributed by atoms with Crippen molar-refractivity contribution in [2.24, 2.45) is 4.99 Å². The van der Waals surface area contributed by atoms with Gasteiger partial charge in [-0.1, -0.05) is 54.1 Å². The number of nitrogens with zero attached hydrogens (tertiary/aromatic N) is 2. The van der Waals surface area contributed by atoms with Crippen LogP contribution in [0, 0.1) is 0 Å². The molecule has 0 spiro atoms. The van der Waals surface area contributed by atoms with Gasteiger partial charge in [-0.05, 0) is 67.0 Å². The van der Waals surface area contributed by atoms with Crippen LogP contribution in [0.15, 0.2) is 71.7 Å². The van der Waals surface area contributed by atoms with Crippen LogP contribution in [0.3, 0.4) is 0 Å². The minimum Gasteiger partial charge on any atom is -0.481 e. The third-order valence-electron chi connectivity index (χ3n) is 5.68. The Bertz CT molecular complexity index is 1230. The number of anilines is 1. The van der Waals surface area contributed by atoms with Gasteiger partial charge in [0.1, 0.15) is 5.92 Å². The van der Waals surface area contributed by atoms with E-state index in [2.05, 4.69) is 10.2 Å². The molecular formula is C27H26ClN3O3. The van der Waals surface area contributed by atoms with E-state index in [-0.39, 0.29) is 12.3 Å². The number of carboxylic acid groups (broad SMARTS) is 1. The van der Waals surface area contributed by atoms with Crippen LogP contribution in [-0.4, -0.2) is 41.7 Å². The van der Waals surface area contributed by atoms with E-state index in [9.17, 15) is 9.59 Å². The maximum absolute atomic E-state index is 13.1. The summed E-state index contributed by atoms with van der Waals surface area (Å²) in [7, 11) is 4.04. The number of carbonyl (C=O) groups excluding carboxylic acids is 1. The average Bonchev–Trinajstić information content (AvgIpc) is 3.11. The fourth-order valence-corrected chi connectivity index (χ4v) is 4.25. The number of carbonyl (C=O) groups is 2. The number of nitrogens with one attached hydrogen (secondary N) is 1. The average molecular weight is 476 g/mol. The number of hydrogen-bond donors (Lipinski definition) is 2. The number of benzene rings is 3. The summed E-state index contributed by atoms with van der Waals surface area (Å²) in [6.07, 6.45) is 0.513. The van der Waals surface area contributed by atoms with Crippen molar-refractivity contribution < 1.29 is 14.7 Å². The van der Waals surface area contributed by atoms with Crippen molar-refractivity contribution in [1.82, 2.24) is 4.90 Å². The van der Waals surface area contributed by atoms with Gasteiger partial charge in [-0.15, -0.1) is 0 Å². The zero-order chi connectivity index (χ0) is 24.2. The maximum Gasteiger partial charge on any atom is 0.303 e. The lowest BCUT2D eigenvalue weighted by molar-refractivity contribution is -0.137. The third kappa shape index (κ3) is 5.53. The molecule has 0 aliphatic carbocycles. The lowest BCUT2D eigenvalue weighted by Crippen LogP contribution is -2.22. The number of aryl methyl sites for hydroxylation is 1. The van der Waals surface area contributed by atoms with Crippen molar-refractivity contribution in [3.8, 4) is 0 Å². The number of halogens is 1. The second-order valence-corrected chi connectivity index (χ2v) is 9.08. The van der Waals surface area contributed by atoms with Crippen LogP contribution in [-0.2, 0) is 22.6 Å². The van der Waals surface area contributed by atoms with Crippen molar-refractivity contribution in [2.45, 2.75) is 25.3 Å². The van der Waals surface area contributed by atoms with E-state index in [1.807, 2.05) is 68.7 Å². The summed E-state index contributed by atoms with van der Waals surface area (Å²) in [6.45, 7) is 0.827. The van der Waals surface area contributed by atoms with Gasteiger partial charge in [0.05, 0.1) is 11.4 Å². The highest BCUT2D eigenvalue weighted by Crippen LogP contribution is 2.37. The summed E-state index contributed by atoms with van der Waals surface area (Å²) in [5.41, 5.74) is 5.79. The molecule has 7 heteroatoms. The molecule has 2 N–H and O–H groups in total. The second-order valence-electron chi connectivity index (χ2n) is 8.65. The molecule has 4 rings (SSSR count). The lowest BCUT2D eigenvalue weighted by Gasteiger charge is -2.15. The van der Waals surface area contributed by atoms with Crippen LogP contribution in [0.1, 0.15) is 34.6 Å². The molecule has 0 saturated carbocycles. The summed E-state index contributed by atoms with van der Waals surface area (Å²) in [6, 6.07) is 20.9. The Kier molecular flexibility index (Phi) is 7.10. The number of fused-ring (bicyclic) bond motifs is 1. The molecule has 34 heavy (non-hydrogen) atoms. The van der Waals surface area contributed by atoms with Crippen LogP contribution in [0.2, 0.25) is 5.02 Å². The maximum atomic E-state index is 13.1. The summed E-state index contributed by atoms with van der Waals surface area (Å²) < 4.78 is 0. The van der Waals surface area contributed by atoms with Crippen molar-refractivity contribution in [3.63, 3.8) is 0 Å². The molecule has 3 aromatic carbocycles. The van der Waals surface area contributed by atoms with E-state index in [0.717, 1.165) is 28.9 Å². The predicted molar refractivity (Wildman–Crippen MR) is 135 cm³/mol. The van der Waals surface area contributed by atoms with Crippen molar-refractivity contribution in [1.29, 1.82) is 0 Å². The Morgan fingerprint density at radius 2 is 1.71 bits per heavy atom. The van der Waals surface area contributed by atoms with E-state index in [1.165, 1.54) is 5.56 Å². The molecule has 1 amide bonds. The predicted octanol–water partition coefficient (Wildman–Crippen LogP) is 5.28. The SMILES string of the molecule is CN(C)Cc1ccc(N=C(c2ccc(CCC(=O)O)cc2)C2C(=O)Nc3cc(Cl)ccc32)cc1. The Morgan fingerprint density at radius 3 is 2.35 bits per heavy atom. The first-order valence-corrected chi connectivity index (χ1v) is 11.4. The first kappa shape index (κ1) is 23.7. The van der Waals surface area contributed by atoms with Gasteiger partial charge in [-0.3, -0.25) is 14.6 Å². The number of aliphatic imine (C=N–C) groups is 1. The van der Waals surface area contributed by atoms with Crippen LogP contribution < -0.4 is 5.32 Å². The molecule has 3 aromatic rings. The summed E-state index contributed by atoms with van der Waals surface area (Å²) in [5.74, 6) is -1.57. The van der Waals surface area contributed by atoms with Gasteiger partial charge >= 0.3 is 5.97 Å². The number of aliphatic carboxylic acids is 1. The van der Waals surface area contributed by atoms with Gasteiger partial charge in [0, 0.05) is 23.7 Å². The molecule has 0 bridgehead atoms. The highest BCUT2D eigenvalue weighted by atomic mass is 35.5. The molecular weight excluding hydrogens is 450 g/mol. The number of amides is 1. The van der Waals surface area contributed by atoms with Crippen molar-refractivity contribution >= 4 is 40.6 Å². The Balaban J connectivity index is 1.74. The summed E-state index contributed by atoms with van der Waals surface area (Å²) >= 11 is 6.14. The second kappa shape index (κ2) is 10.2. The van der Waals surface area contributed by atoms with Crippen LogP contribution >= 0.6 is 11.6 Å². The van der Waals surface area contributed by atoms with E-state index in [4.69, 9.17) is 21.7 Å². The molecule has 0 aromatic heterocycles. The number of carboxylic acids is 1. The highest BCUT2D eigenvalue weighted by Gasteiger charge is 2.35. The summed E-state index contributed by atoms with van der Waals surface area (Å²) in [5, 5.41) is 12.4. The Hall–Kier alpha value is -3.48. The lowest BCUT2D eigenvalue weighted by atomic mass is 9.90. The van der Waals surface area contributed by atoms with Crippen LogP contribution in [0.5, 0.6) is 0 Å². The van der Waals surface area contributed by atoms with Gasteiger partial charge in [0.15, 0.2) is 0 Å². The molecule has 1 unspecified atom stereocenters. The van der Waals surface area contributed by atoms with Crippen molar-refractivity contribution in [3.05, 3.63) is 94.0 Å². The summed E-state index contributed by atoms with van der Waals surface area (Å²) in [4.78, 5) is 31.0. The molecule has 0 saturated heterocycles. The first-order chi connectivity index (χ1) is 16.3. The normalized spacial score (nSPS) is 15.4. The van der Waals surface area contributed by atoms with Gasteiger partial charge in [-0.2, -0.15) is 0 Å².